The van der Waals surface area contributed by atoms with Crippen molar-refractivity contribution >= 4 is 11.8 Å². The van der Waals surface area contributed by atoms with E-state index in [-0.39, 0.29) is 6.04 Å². The van der Waals surface area contributed by atoms with E-state index >= 15 is 0 Å². The van der Waals surface area contributed by atoms with Crippen LogP contribution in [0.5, 0.6) is 0 Å². The molecule has 6 heteroatoms. The maximum atomic E-state index is 4.17. The van der Waals surface area contributed by atoms with Gasteiger partial charge in [0.25, 0.3) is 0 Å². The molecule has 2 atom stereocenters. The third-order valence-corrected chi connectivity index (χ3v) is 4.47. The minimum absolute atomic E-state index is 0.219. The molecule has 1 N–H and O–H groups in total. The number of aromatic nitrogens is 4. The molecule has 0 aliphatic carbocycles. The van der Waals surface area contributed by atoms with E-state index in [0.29, 0.717) is 5.92 Å². The Balaban J connectivity index is 1.93. The van der Waals surface area contributed by atoms with Crippen LogP contribution in [-0.4, -0.2) is 38.3 Å². The van der Waals surface area contributed by atoms with E-state index in [9.17, 15) is 0 Å². The highest BCUT2D eigenvalue weighted by Gasteiger charge is 2.20. The monoisotopic (exact) mass is 269 g/mol. The Labute approximate surface area is 113 Å². The molecule has 0 amide bonds. The normalized spacial score (nSPS) is 21.7. The van der Waals surface area contributed by atoms with Crippen LogP contribution in [0.15, 0.2) is 0 Å². The first-order valence-corrected chi connectivity index (χ1v) is 7.89. The maximum absolute atomic E-state index is 4.17. The van der Waals surface area contributed by atoms with Gasteiger partial charge in [-0.1, -0.05) is 13.8 Å². The Morgan fingerprint density at radius 1 is 1.44 bits per heavy atom. The number of nitrogens with zero attached hydrogens (tertiary/aromatic N) is 4. The molecule has 0 radical (unpaired) electrons. The first-order chi connectivity index (χ1) is 8.66. The fourth-order valence-electron chi connectivity index (χ4n) is 2.13. The van der Waals surface area contributed by atoms with Crippen LogP contribution < -0.4 is 5.32 Å². The van der Waals surface area contributed by atoms with Gasteiger partial charge in [-0.3, -0.25) is 0 Å². The molecule has 1 aliphatic heterocycles. The molecule has 0 aromatic carbocycles. The van der Waals surface area contributed by atoms with Crippen molar-refractivity contribution in [3.8, 4) is 0 Å². The summed E-state index contributed by atoms with van der Waals surface area (Å²) in [5.41, 5.74) is 0. The van der Waals surface area contributed by atoms with Crippen LogP contribution in [0.1, 0.15) is 39.1 Å². The van der Waals surface area contributed by atoms with E-state index < -0.39 is 0 Å². The third-order valence-electron chi connectivity index (χ3n) is 3.23. The number of rotatable bonds is 6. The first-order valence-electron chi connectivity index (χ1n) is 6.74. The van der Waals surface area contributed by atoms with Crippen molar-refractivity contribution in [1.29, 1.82) is 0 Å². The molecule has 0 saturated carbocycles. The van der Waals surface area contributed by atoms with Crippen LogP contribution >= 0.6 is 11.8 Å². The van der Waals surface area contributed by atoms with Gasteiger partial charge >= 0.3 is 0 Å². The van der Waals surface area contributed by atoms with E-state index in [1.807, 2.05) is 16.4 Å². The Bertz CT molecular complexity index is 359. The van der Waals surface area contributed by atoms with Gasteiger partial charge in [0, 0.05) is 6.54 Å². The molecule has 2 heterocycles. The fraction of sp³-hybridized carbons (Fsp3) is 0.917. The molecule has 1 saturated heterocycles. The Kier molecular flexibility index (Phi) is 5.00. The lowest BCUT2D eigenvalue weighted by molar-refractivity contribution is 0.407. The minimum atomic E-state index is 0.219. The van der Waals surface area contributed by atoms with E-state index in [4.69, 9.17) is 0 Å². The molecule has 2 rings (SSSR count). The summed E-state index contributed by atoms with van der Waals surface area (Å²) in [6.07, 6.45) is 1.29. The molecule has 1 fully saturated rings. The summed E-state index contributed by atoms with van der Waals surface area (Å²) in [4.78, 5) is 0. The zero-order chi connectivity index (χ0) is 13.0. The quantitative estimate of drug-likeness (QED) is 0.852. The van der Waals surface area contributed by atoms with Gasteiger partial charge in [0.2, 0.25) is 0 Å². The van der Waals surface area contributed by atoms with Gasteiger partial charge in [-0.15, -0.1) is 5.10 Å². The summed E-state index contributed by atoms with van der Waals surface area (Å²) in [6.45, 7) is 8.50. The number of hydrogen-bond donors (Lipinski definition) is 1. The molecule has 0 spiro atoms. The summed E-state index contributed by atoms with van der Waals surface area (Å²) in [5, 5.41) is 15.6. The topological polar surface area (TPSA) is 55.6 Å². The number of thioether (sulfide) groups is 1. The van der Waals surface area contributed by atoms with Crippen LogP contribution in [0.4, 0.5) is 0 Å². The van der Waals surface area contributed by atoms with Gasteiger partial charge in [0.1, 0.15) is 0 Å². The molecule has 2 unspecified atom stereocenters. The van der Waals surface area contributed by atoms with Crippen molar-refractivity contribution in [3.63, 3.8) is 0 Å². The zero-order valence-corrected chi connectivity index (χ0v) is 12.3. The Morgan fingerprint density at radius 2 is 2.28 bits per heavy atom. The molecule has 0 bridgehead atoms. The average Bonchev–Trinajstić information content (AvgIpc) is 2.97. The van der Waals surface area contributed by atoms with E-state index in [2.05, 4.69) is 41.6 Å². The second-order valence-corrected chi connectivity index (χ2v) is 6.62. The Morgan fingerprint density at radius 3 is 2.94 bits per heavy atom. The second kappa shape index (κ2) is 6.52. The Hall–Kier alpha value is -0.620. The van der Waals surface area contributed by atoms with Crippen molar-refractivity contribution in [2.45, 2.75) is 39.8 Å². The third kappa shape index (κ3) is 3.68. The van der Waals surface area contributed by atoms with Crippen molar-refractivity contribution in [2.75, 3.05) is 18.1 Å². The summed E-state index contributed by atoms with van der Waals surface area (Å²) in [5.74, 6) is 4.86. The molecular formula is C12H23N5S. The molecule has 102 valence electrons. The highest BCUT2D eigenvalue weighted by atomic mass is 32.2. The van der Waals surface area contributed by atoms with Crippen LogP contribution in [0, 0.1) is 11.8 Å². The van der Waals surface area contributed by atoms with E-state index in [1.165, 1.54) is 17.9 Å². The summed E-state index contributed by atoms with van der Waals surface area (Å²) in [6, 6.07) is 0.219. The largest absolute Gasteiger partial charge is 0.307 e. The molecular weight excluding hydrogens is 246 g/mol. The molecule has 5 nitrogen and oxygen atoms in total. The van der Waals surface area contributed by atoms with Gasteiger partial charge < -0.3 is 5.32 Å². The first kappa shape index (κ1) is 13.8. The van der Waals surface area contributed by atoms with Crippen LogP contribution in [-0.2, 0) is 6.54 Å². The van der Waals surface area contributed by atoms with E-state index in [0.717, 1.165) is 24.8 Å². The molecule has 1 aromatic heterocycles. The van der Waals surface area contributed by atoms with Crippen LogP contribution in [0.2, 0.25) is 0 Å². The summed E-state index contributed by atoms with van der Waals surface area (Å²) in [7, 11) is 0. The van der Waals surface area contributed by atoms with Gasteiger partial charge in [-0.05, 0) is 53.7 Å². The SMILES string of the molecule is CC(C)CNC(C)c1nnnn1CC1CCSC1. The summed E-state index contributed by atoms with van der Waals surface area (Å²) < 4.78 is 1.98. The smallest absolute Gasteiger partial charge is 0.167 e. The number of tetrazole rings is 1. The highest BCUT2D eigenvalue weighted by molar-refractivity contribution is 7.99. The predicted molar refractivity (Wildman–Crippen MR) is 74.5 cm³/mol. The molecule has 18 heavy (non-hydrogen) atoms. The number of nitrogens with one attached hydrogen (secondary N) is 1. The lowest BCUT2D eigenvalue weighted by Crippen LogP contribution is -2.27. The lowest BCUT2D eigenvalue weighted by Gasteiger charge is -2.16. The van der Waals surface area contributed by atoms with Gasteiger partial charge in [-0.2, -0.15) is 11.8 Å². The van der Waals surface area contributed by atoms with Crippen molar-refractivity contribution in [1.82, 2.24) is 25.5 Å². The van der Waals surface area contributed by atoms with Gasteiger partial charge in [-0.25, -0.2) is 4.68 Å². The highest BCUT2D eigenvalue weighted by Crippen LogP contribution is 2.25. The van der Waals surface area contributed by atoms with E-state index in [1.54, 1.807) is 0 Å². The molecule has 1 aliphatic rings. The lowest BCUT2D eigenvalue weighted by atomic mass is 10.1. The predicted octanol–water partition coefficient (Wildman–Crippen LogP) is 1.73. The van der Waals surface area contributed by atoms with Crippen molar-refractivity contribution in [2.24, 2.45) is 11.8 Å². The average molecular weight is 269 g/mol. The van der Waals surface area contributed by atoms with Crippen molar-refractivity contribution < 1.29 is 0 Å². The summed E-state index contributed by atoms with van der Waals surface area (Å²) >= 11 is 2.03. The fourth-order valence-corrected chi connectivity index (χ4v) is 3.40. The number of hydrogen-bond acceptors (Lipinski definition) is 5. The minimum Gasteiger partial charge on any atom is -0.307 e. The standard InChI is InChI=1S/C12H23N5S/c1-9(2)6-13-10(3)12-14-15-16-17(12)7-11-4-5-18-8-11/h9-11,13H,4-8H2,1-3H3. The van der Waals surface area contributed by atoms with Gasteiger partial charge in [0.05, 0.1) is 6.04 Å². The van der Waals surface area contributed by atoms with Crippen LogP contribution in [0.3, 0.4) is 0 Å². The van der Waals surface area contributed by atoms with Crippen LogP contribution in [0.25, 0.3) is 0 Å². The van der Waals surface area contributed by atoms with Crippen molar-refractivity contribution in [3.05, 3.63) is 5.82 Å². The maximum Gasteiger partial charge on any atom is 0.167 e. The van der Waals surface area contributed by atoms with Gasteiger partial charge in [0.15, 0.2) is 5.82 Å². The second-order valence-electron chi connectivity index (χ2n) is 5.47. The molecule has 1 aromatic rings. The zero-order valence-electron chi connectivity index (χ0n) is 11.5.